The number of aromatic nitrogens is 3. The van der Waals surface area contributed by atoms with Crippen molar-refractivity contribution in [1.82, 2.24) is 20.1 Å². The minimum atomic E-state index is -0.194. The fraction of sp³-hybridized carbons (Fsp3) is 0.240. The lowest BCUT2D eigenvalue weighted by Gasteiger charge is -2.21. The number of benzene rings is 2. The maximum Gasteiger partial charge on any atom is 0.272 e. The second-order valence-electron chi connectivity index (χ2n) is 8.02. The zero-order chi connectivity index (χ0) is 22.8. The van der Waals surface area contributed by atoms with Gasteiger partial charge in [0, 0.05) is 23.6 Å². The number of nitrogens with one attached hydrogen (secondary N) is 1. The van der Waals surface area contributed by atoms with Crippen LogP contribution in [-0.2, 0) is 6.42 Å². The van der Waals surface area contributed by atoms with Gasteiger partial charge in [0.15, 0.2) is 0 Å². The second kappa shape index (κ2) is 9.11. The molecule has 0 aliphatic carbocycles. The third kappa shape index (κ3) is 4.50. The lowest BCUT2D eigenvalue weighted by Crippen LogP contribution is -2.31. The molecule has 2 aromatic heterocycles. The molecule has 1 saturated heterocycles. The topological polar surface area (TPSA) is 84.2 Å². The van der Waals surface area contributed by atoms with Crippen LogP contribution >= 0.6 is 11.6 Å². The van der Waals surface area contributed by atoms with Crippen LogP contribution in [0.25, 0.3) is 11.3 Å². The summed E-state index contributed by atoms with van der Waals surface area (Å²) in [7, 11) is 1.62. The van der Waals surface area contributed by atoms with E-state index in [-0.39, 0.29) is 11.9 Å². The third-order valence-corrected chi connectivity index (χ3v) is 6.09. The predicted octanol–water partition coefficient (Wildman–Crippen LogP) is 5.29. The molecule has 0 spiro atoms. The standard InChI is InChI=1S/C25H23ClN4O3/c1-32-19-5-2-4-17(13-19)21-14-22(29-28-21)25(31)30-11-3-6-23(30)24-27-15-20(33-24)12-16-7-9-18(26)10-8-16/h2,4-5,7-10,13-15,23H,3,6,11-12H2,1H3,(H,28,29)/t23-/m0/s1. The fourth-order valence-electron chi connectivity index (χ4n) is 4.14. The lowest BCUT2D eigenvalue weighted by atomic mass is 10.1. The molecule has 0 saturated carbocycles. The van der Waals surface area contributed by atoms with Gasteiger partial charge in [-0.05, 0) is 48.7 Å². The normalized spacial score (nSPS) is 15.7. The number of carbonyl (C=O) groups is 1. The number of halogens is 1. The molecule has 0 bridgehead atoms. The highest BCUT2D eigenvalue weighted by molar-refractivity contribution is 6.30. The maximum absolute atomic E-state index is 13.3. The van der Waals surface area contributed by atoms with Crippen LogP contribution in [0.4, 0.5) is 0 Å². The number of methoxy groups -OCH3 is 1. The summed E-state index contributed by atoms with van der Waals surface area (Å²) in [5.41, 5.74) is 3.09. The van der Waals surface area contributed by atoms with Crippen LogP contribution in [0.15, 0.2) is 65.2 Å². The van der Waals surface area contributed by atoms with Gasteiger partial charge in [0.25, 0.3) is 5.91 Å². The van der Waals surface area contributed by atoms with Gasteiger partial charge in [-0.2, -0.15) is 5.10 Å². The van der Waals surface area contributed by atoms with E-state index in [1.54, 1.807) is 24.3 Å². The van der Waals surface area contributed by atoms with Crippen LogP contribution in [0, 0.1) is 0 Å². The number of rotatable bonds is 6. The summed E-state index contributed by atoms with van der Waals surface area (Å²) in [6.45, 7) is 0.645. The average molecular weight is 463 g/mol. The summed E-state index contributed by atoms with van der Waals surface area (Å²) in [4.78, 5) is 19.6. The number of oxazole rings is 1. The summed E-state index contributed by atoms with van der Waals surface area (Å²) in [5, 5.41) is 7.92. The van der Waals surface area contributed by atoms with Crippen molar-refractivity contribution in [1.29, 1.82) is 0 Å². The van der Waals surface area contributed by atoms with Crippen LogP contribution in [0.3, 0.4) is 0 Å². The first-order valence-electron chi connectivity index (χ1n) is 10.8. The smallest absolute Gasteiger partial charge is 0.272 e. The number of aromatic amines is 1. The zero-order valence-electron chi connectivity index (χ0n) is 18.1. The van der Waals surface area contributed by atoms with Crippen molar-refractivity contribution >= 4 is 17.5 Å². The van der Waals surface area contributed by atoms with E-state index in [0.717, 1.165) is 35.5 Å². The van der Waals surface area contributed by atoms with E-state index < -0.39 is 0 Å². The molecule has 168 valence electrons. The Hall–Kier alpha value is -3.58. The van der Waals surface area contributed by atoms with Gasteiger partial charge in [-0.25, -0.2) is 4.98 Å². The number of amides is 1. The van der Waals surface area contributed by atoms with Gasteiger partial charge >= 0.3 is 0 Å². The molecule has 1 fully saturated rings. The number of ether oxygens (including phenoxy) is 1. The zero-order valence-corrected chi connectivity index (χ0v) is 18.9. The summed E-state index contributed by atoms with van der Waals surface area (Å²) in [5.74, 6) is 1.95. The molecule has 1 aliphatic heterocycles. The Kier molecular flexibility index (Phi) is 5.88. The summed E-state index contributed by atoms with van der Waals surface area (Å²) in [6, 6.07) is 16.8. The molecule has 1 amide bonds. The summed E-state index contributed by atoms with van der Waals surface area (Å²) in [6.07, 6.45) is 4.06. The van der Waals surface area contributed by atoms with Gasteiger partial charge in [-0.15, -0.1) is 0 Å². The number of likely N-dealkylation sites (tertiary alicyclic amines) is 1. The maximum atomic E-state index is 13.3. The van der Waals surface area contributed by atoms with Crippen molar-refractivity contribution < 1.29 is 13.9 Å². The molecule has 1 aliphatic rings. The molecule has 1 N–H and O–H groups in total. The Morgan fingerprint density at radius 1 is 1.24 bits per heavy atom. The van der Waals surface area contributed by atoms with Crippen molar-refractivity contribution in [3.63, 3.8) is 0 Å². The lowest BCUT2D eigenvalue weighted by molar-refractivity contribution is 0.0708. The minimum absolute atomic E-state index is 0.114. The van der Waals surface area contributed by atoms with E-state index in [9.17, 15) is 4.79 Å². The SMILES string of the molecule is COc1cccc(-c2cc(C(=O)N3CCC[C@H]3c3ncc(Cc4ccc(Cl)cc4)o3)[nH]n2)c1. The molecule has 2 aromatic carbocycles. The van der Waals surface area contributed by atoms with Gasteiger partial charge in [0.05, 0.1) is 19.0 Å². The van der Waals surface area contributed by atoms with E-state index in [0.29, 0.717) is 35.3 Å². The number of hydrogen-bond acceptors (Lipinski definition) is 5. The number of hydrogen-bond donors (Lipinski definition) is 1. The first-order chi connectivity index (χ1) is 16.1. The highest BCUT2D eigenvalue weighted by atomic mass is 35.5. The van der Waals surface area contributed by atoms with Crippen LogP contribution in [0.5, 0.6) is 5.75 Å². The van der Waals surface area contributed by atoms with Crippen LogP contribution in [-0.4, -0.2) is 39.6 Å². The summed E-state index contributed by atoms with van der Waals surface area (Å²) < 4.78 is 11.3. The molecular formula is C25H23ClN4O3. The van der Waals surface area contributed by atoms with E-state index in [4.69, 9.17) is 20.8 Å². The van der Waals surface area contributed by atoms with E-state index in [1.807, 2.05) is 48.5 Å². The van der Waals surface area contributed by atoms with Gasteiger partial charge in [-0.3, -0.25) is 9.89 Å². The predicted molar refractivity (Wildman–Crippen MR) is 124 cm³/mol. The number of carbonyl (C=O) groups excluding carboxylic acids is 1. The number of nitrogens with zero attached hydrogens (tertiary/aromatic N) is 3. The van der Waals surface area contributed by atoms with Crippen molar-refractivity contribution in [3.8, 4) is 17.0 Å². The van der Waals surface area contributed by atoms with Gasteiger partial charge in [-0.1, -0.05) is 35.9 Å². The Morgan fingerprint density at radius 3 is 2.91 bits per heavy atom. The molecule has 5 rings (SSSR count). The van der Waals surface area contributed by atoms with Gasteiger partial charge < -0.3 is 14.1 Å². The largest absolute Gasteiger partial charge is 0.497 e. The Labute approximate surface area is 196 Å². The van der Waals surface area contributed by atoms with E-state index >= 15 is 0 Å². The molecule has 3 heterocycles. The first-order valence-corrected chi connectivity index (χ1v) is 11.2. The highest BCUT2D eigenvalue weighted by Gasteiger charge is 2.34. The molecule has 0 unspecified atom stereocenters. The van der Waals surface area contributed by atoms with Gasteiger partial charge in [0.2, 0.25) is 5.89 Å². The van der Waals surface area contributed by atoms with E-state index in [2.05, 4.69) is 15.2 Å². The van der Waals surface area contributed by atoms with Crippen LogP contribution < -0.4 is 4.74 Å². The fourth-order valence-corrected chi connectivity index (χ4v) is 4.27. The molecule has 7 nitrogen and oxygen atoms in total. The quantitative estimate of drug-likeness (QED) is 0.420. The van der Waals surface area contributed by atoms with Crippen molar-refractivity contribution in [2.45, 2.75) is 25.3 Å². The molecule has 0 radical (unpaired) electrons. The monoisotopic (exact) mass is 462 g/mol. The summed E-state index contributed by atoms with van der Waals surface area (Å²) >= 11 is 5.97. The van der Waals surface area contributed by atoms with Crippen molar-refractivity contribution in [2.24, 2.45) is 0 Å². The first kappa shape index (κ1) is 21.3. The average Bonchev–Trinajstić information content (AvgIpc) is 3.60. The molecule has 33 heavy (non-hydrogen) atoms. The van der Waals surface area contributed by atoms with E-state index in [1.165, 1.54) is 0 Å². The van der Waals surface area contributed by atoms with Crippen LogP contribution in [0.1, 0.15) is 46.6 Å². The highest BCUT2D eigenvalue weighted by Crippen LogP contribution is 2.33. The van der Waals surface area contributed by atoms with Crippen molar-refractivity contribution in [3.05, 3.63) is 88.7 Å². The Bertz CT molecular complexity index is 1260. The Balaban J connectivity index is 1.32. The van der Waals surface area contributed by atoms with Gasteiger partial charge in [0.1, 0.15) is 23.2 Å². The van der Waals surface area contributed by atoms with Crippen molar-refractivity contribution in [2.75, 3.05) is 13.7 Å². The minimum Gasteiger partial charge on any atom is -0.497 e. The molecule has 1 atom stereocenters. The Morgan fingerprint density at radius 2 is 2.09 bits per heavy atom. The third-order valence-electron chi connectivity index (χ3n) is 5.84. The second-order valence-corrected chi connectivity index (χ2v) is 8.46. The molecular weight excluding hydrogens is 440 g/mol. The number of H-pyrrole nitrogens is 1. The van der Waals surface area contributed by atoms with Crippen LogP contribution in [0.2, 0.25) is 5.02 Å². The molecule has 4 aromatic rings. The molecule has 8 heteroatoms.